The van der Waals surface area contributed by atoms with Crippen molar-refractivity contribution in [3.63, 3.8) is 0 Å². The fraction of sp³-hybridized carbons (Fsp3) is 0.643. The Bertz CT molecular complexity index is 472. The summed E-state index contributed by atoms with van der Waals surface area (Å²) in [6.45, 7) is 5.55. The van der Waals surface area contributed by atoms with Crippen LogP contribution in [0.15, 0.2) is 12.3 Å². The Morgan fingerprint density at radius 3 is 3.00 bits per heavy atom. The molecule has 1 fully saturated rings. The van der Waals surface area contributed by atoms with Crippen LogP contribution in [0.2, 0.25) is 0 Å². The second kappa shape index (κ2) is 6.28. The van der Waals surface area contributed by atoms with E-state index in [-0.39, 0.29) is 24.7 Å². The smallest absolute Gasteiger partial charge is 0.270 e. The van der Waals surface area contributed by atoms with Gasteiger partial charge in [-0.25, -0.2) is 0 Å². The van der Waals surface area contributed by atoms with Crippen LogP contribution in [0.4, 0.5) is 5.69 Å². The maximum absolute atomic E-state index is 12.7. The molecule has 2 heterocycles. The Morgan fingerprint density at radius 2 is 2.35 bits per heavy atom. The van der Waals surface area contributed by atoms with E-state index in [1.54, 1.807) is 17.2 Å². The standard InChI is InChI=1S/C14H23N3O3/c1-3-4-16-6-11(15)5-13(16)14(19)17-7-12(8-18)20-9-10(17)2/h5-6,10,12,18H,3-4,7-9,15H2,1-2H3. The molecule has 1 aromatic heterocycles. The molecule has 2 unspecified atom stereocenters. The largest absolute Gasteiger partial charge is 0.397 e. The molecule has 2 rings (SSSR count). The summed E-state index contributed by atoms with van der Waals surface area (Å²) in [5.74, 6) is -0.0515. The molecule has 1 amide bonds. The quantitative estimate of drug-likeness (QED) is 0.851. The normalized spacial score (nSPS) is 23.1. The van der Waals surface area contributed by atoms with Crippen molar-refractivity contribution in [2.45, 2.75) is 39.0 Å². The predicted octanol–water partition coefficient (Wildman–Crippen LogP) is 0.702. The van der Waals surface area contributed by atoms with Gasteiger partial charge in [0.05, 0.1) is 31.0 Å². The first-order valence-corrected chi connectivity index (χ1v) is 7.05. The Morgan fingerprint density at radius 1 is 1.60 bits per heavy atom. The van der Waals surface area contributed by atoms with Gasteiger partial charge in [-0.15, -0.1) is 0 Å². The van der Waals surface area contributed by atoms with Crippen molar-refractivity contribution in [2.75, 3.05) is 25.5 Å². The third kappa shape index (κ3) is 2.96. The van der Waals surface area contributed by atoms with Crippen molar-refractivity contribution in [1.82, 2.24) is 9.47 Å². The van der Waals surface area contributed by atoms with Gasteiger partial charge in [-0.05, 0) is 19.4 Å². The molecule has 0 aromatic carbocycles. The number of morpholine rings is 1. The van der Waals surface area contributed by atoms with Crippen LogP contribution < -0.4 is 5.73 Å². The van der Waals surface area contributed by atoms with E-state index in [4.69, 9.17) is 10.5 Å². The highest BCUT2D eigenvalue weighted by Crippen LogP contribution is 2.19. The molecule has 0 spiro atoms. The molecule has 2 atom stereocenters. The van der Waals surface area contributed by atoms with E-state index in [0.29, 0.717) is 24.5 Å². The fourth-order valence-corrected chi connectivity index (χ4v) is 2.50. The number of nitrogens with two attached hydrogens (primary N) is 1. The van der Waals surface area contributed by atoms with Gasteiger partial charge in [-0.1, -0.05) is 6.92 Å². The van der Waals surface area contributed by atoms with Gasteiger partial charge in [0.1, 0.15) is 5.69 Å². The second-order valence-electron chi connectivity index (χ2n) is 5.30. The molecule has 6 heteroatoms. The minimum Gasteiger partial charge on any atom is -0.397 e. The number of carbonyl (C=O) groups excluding carboxylic acids is 1. The number of nitrogen functional groups attached to an aromatic ring is 1. The zero-order valence-electron chi connectivity index (χ0n) is 12.1. The number of amides is 1. The van der Waals surface area contributed by atoms with E-state index in [0.717, 1.165) is 13.0 Å². The molecule has 0 bridgehead atoms. The van der Waals surface area contributed by atoms with Crippen molar-refractivity contribution in [2.24, 2.45) is 0 Å². The first-order chi connectivity index (χ1) is 9.56. The molecule has 1 aliphatic heterocycles. The van der Waals surface area contributed by atoms with Crippen molar-refractivity contribution >= 4 is 11.6 Å². The van der Waals surface area contributed by atoms with Gasteiger partial charge < -0.3 is 25.0 Å². The van der Waals surface area contributed by atoms with Crippen molar-refractivity contribution < 1.29 is 14.6 Å². The summed E-state index contributed by atoms with van der Waals surface area (Å²) in [7, 11) is 0. The Hall–Kier alpha value is -1.53. The van der Waals surface area contributed by atoms with Crippen molar-refractivity contribution in [3.8, 4) is 0 Å². The molecule has 0 saturated carbocycles. The van der Waals surface area contributed by atoms with Crippen LogP contribution in [0.25, 0.3) is 0 Å². The van der Waals surface area contributed by atoms with Gasteiger partial charge >= 0.3 is 0 Å². The van der Waals surface area contributed by atoms with Crippen LogP contribution in [0.3, 0.4) is 0 Å². The van der Waals surface area contributed by atoms with Crippen LogP contribution in [0, 0.1) is 0 Å². The number of aromatic nitrogens is 1. The highest BCUT2D eigenvalue weighted by Gasteiger charge is 2.31. The van der Waals surface area contributed by atoms with Gasteiger partial charge in [0.2, 0.25) is 0 Å². The minimum absolute atomic E-state index is 0.00324. The number of carbonyl (C=O) groups is 1. The maximum atomic E-state index is 12.7. The average molecular weight is 281 g/mol. The minimum atomic E-state index is -0.304. The summed E-state index contributed by atoms with van der Waals surface area (Å²) < 4.78 is 7.36. The lowest BCUT2D eigenvalue weighted by Crippen LogP contribution is -2.52. The zero-order chi connectivity index (χ0) is 14.7. The summed E-state index contributed by atoms with van der Waals surface area (Å²) in [5, 5.41) is 9.20. The topological polar surface area (TPSA) is 80.7 Å². The number of aliphatic hydroxyl groups excluding tert-OH is 1. The van der Waals surface area contributed by atoms with E-state index in [1.165, 1.54) is 0 Å². The SMILES string of the molecule is CCCn1cc(N)cc1C(=O)N1CC(CO)OCC1C. The van der Waals surface area contributed by atoms with Crippen molar-refractivity contribution in [1.29, 1.82) is 0 Å². The van der Waals surface area contributed by atoms with Gasteiger partial charge in [0.25, 0.3) is 5.91 Å². The van der Waals surface area contributed by atoms with E-state index in [2.05, 4.69) is 6.92 Å². The maximum Gasteiger partial charge on any atom is 0.270 e. The number of rotatable bonds is 4. The third-order valence-corrected chi connectivity index (χ3v) is 3.57. The molecular weight excluding hydrogens is 258 g/mol. The number of hydrogen-bond donors (Lipinski definition) is 2. The highest BCUT2D eigenvalue weighted by atomic mass is 16.5. The van der Waals surface area contributed by atoms with Crippen LogP contribution in [0.1, 0.15) is 30.8 Å². The van der Waals surface area contributed by atoms with E-state index < -0.39 is 0 Å². The molecule has 1 aliphatic rings. The summed E-state index contributed by atoms with van der Waals surface area (Å²) in [4.78, 5) is 14.4. The molecule has 3 N–H and O–H groups in total. The van der Waals surface area contributed by atoms with Crippen LogP contribution in [-0.2, 0) is 11.3 Å². The van der Waals surface area contributed by atoms with Crippen molar-refractivity contribution in [3.05, 3.63) is 18.0 Å². The van der Waals surface area contributed by atoms with E-state index in [9.17, 15) is 9.90 Å². The molecule has 0 radical (unpaired) electrons. The fourth-order valence-electron chi connectivity index (χ4n) is 2.50. The summed E-state index contributed by atoms with van der Waals surface area (Å²) in [5.41, 5.74) is 7.01. The summed E-state index contributed by atoms with van der Waals surface area (Å²) in [6.07, 6.45) is 2.43. The lowest BCUT2D eigenvalue weighted by atomic mass is 10.2. The monoisotopic (exact) mass is 281 g/mol. The van der Waals surface area contributed by atoms with Gasteiger partial charge in [-0.3, -0.25) is 4.79 Å². The third-order valence-electron chi connectivity index (χ3n) is 3.57. The number of aliphatic hydroxyl groups is 1. The first-order valence-electron chi connectivity index (χ1n) is 7.05. The molecule has 6 nitrogen and oxygen atoms in total. The van der Waals surface area contributed by atoms with E-state index >= 15 is 0 Å². The van der Waals surface area contributed by atoms with Crippen LogP contribution in [0.5, 0.6) is 0 Å². The predicted molar refractivity (Wildman–Crippen MR) is 76.5 cm³/mol. The Labute approximate surface area is 119 Å². The number of ether oxygens (including phenoxy) is 1. The lowest BCUT2D eigenvalue weighted by molar-refractivity contribution is -0.0669. The lowest BCUT2D eigenvalue weighted by Gasteiger charge is -2.37. The summed E-state index contributed by atoms with van der Waals surface area (Å²) in [6, 6.07) is 1.71. The Kier molecular flexibility index (Phi) is 4.67. The van der Waals surface area contributed by atoms with E-state index in [1.807, 2.05) is 11.5 Å². The van der Waals surface area contributed by atoms with Gasteiger partial charge in [0, 0.05) is 19.3 Å². The van der Waals surface area contributed by atoms with Crippen LogP contribution >= 0.6 is 0 Å². The van der Waals surface area contributed by atoms with Gasteiger partial charge in [0.15, 0.2) is 0 Å². The van der Waals surface area contributed by atoms with Gasteiger partial charge in [-0.2, -0.15) is 0 Å². The molecule has 1 saturated heterocycles. The molecule has 20 heavy (non-hydrogen) atoms. The first kappa shape index (κ1) is 14.9. The number of nitrogens with zero attached hydrogens (tertiary/aromatic N) is 2. The summed E-state index contributed by atoms with van der Waals surface area (Å²) >= 11 is 0. The molecule has 112 valence electrons. The number of anilines is 1. The zero-order valence-corrected chi connectivity index (χ0v) is 12.1. The van der Waals surface area contributed by atoms with Crippen LogP contribution in [-0.4, -0.2) is 52.4 Å². The number of hydrogen-bond acceptors (Lipinski definition) is 4. The second-order valence-corrected chi connectivity index (χ2v) is 5.30. The highest BCUT2D eigenvalue weighted by molar-refractivity contribution is 5.94. The molecule has 1 aromatic rings. The number of aryl methyl sites for hydroxylation is 1. The average Bonchev–Trinajstić information content (AvgIpc) is 2.80. The molecule has 0 aliphatic carbocycles. The Balaban J connectivity index is 2.21. The molecular formula is C14H23N3O3.